The lowest BCUT2D eigenvalue weighted by molar-refractivity contribution is 0.102. The van der Waals surface area contributed by atoms with Crippen LogP contribution in [0.15, 0.2) is 59.5 Å². The maximum Gasteiger partial charge on any atom is 0.261 e. The minimum absolute atomic E-state index is 0.0760. The third-order valence-corrected chi connectivity index (χ3v) is 7.13. The van der Waals surface area contributed by atoms with Crippen LogP contribution in [0, 0.1) is 24.6 Å². The Bertz CT molecular complexity index is 1710. The lowest BCUT2D eigenvalue weighted by Crippen LogP contribution is -2.17. The number of hydrogen-bond donors (Lipinski definition) is 2. The fourth-order valence-electron chi connectivity index (χ4n) is 4.04. The maximum atomic E-state index is 13.7. The standard InChI is InChI=1S/C27H24FN5O5S/c1-15-24(26(34)31-18-5-4-6-19(14-18)39(3,29)35)27(38-20-9-10-23(28)30-16(20)2)33-32-25(15)17-7-8-21-22(13-17)37-12-11-36-21/h4-10,13-14,29H,11-12H2,1-3H3,(H,31,34)/t39-/m1/s1. The predicted molar refractivity (Wildman–Crippen MR) is 142 cm³/mol. The van der Waals surface area contributed by atoms with Crippen molar-refractivity contribution in [3.8, 4) is 34.4 Å². The Morgan fingerprint density at radius 2 is 1.82 bits per heavy atom. The molecule has 0 saturated heterocycles. The Labute approximate surface area is 224 Å². The average molecular weight is 550 g/mol. The summed E-state index contributed by atoms with van der Waals surface area (Å²) in [5.41, 5.74) is 2.19. The molecule has 0 fully saturated rings. The molecule has 2 N–H and O–H groups in total. The zero-order valence-electron chi connectivity index (χ0n) is 21.3. The molecule has 1 amide bonds. The Kier molecular flexibility index (Phi) is 6.87. The highest BCUT2D eigenvalue weighted by Crippen LogP contribution is 2.37. The van der Waals surface area contributed by atoms with Crippen molar-refractivity contribution in [1.29, 1.82) is 4.78 Å². The van der Waals surface area contributed by atoms with Gasteiger partial charge in [-0.15, -0.1) is 10.2 Å². The van der Waals surface area contributed by atoms with E-state index < -0.39 is 21.6 Å². The molecule has 4 aromatic rings. The Balaban J connectivity index is 1.59. The number of carbonyl (C=O) groups is 1. The van der Waals surface area contributed by atoms with E-state index in [1.807, 2.05) is 0 Å². The summed E-state index contributed by atoms with van der Waals surface area (Å²) in [5, 5.41) is 11.3. The van der Waals surface area contributed by atoms with Crippen molar-refractivity contribution in [2.45, 2.75) is 18.7 Å². The van der Waals surface area contributed by atoms with Crippen LogP contribution in [0.4, 0.5) is 10.1 Å². The normalized spacial score (nSPS) is 13.8. The van der Waals surface area contributed by atoms with Gasteiger partial charge in [-0.05, 0) is 67.9 Å². The minimum Gasteiger partial charge on any atom is -0.486 e. The number of rotatable bonds is 6. The Morgan fingerprint density at radius 1 is 1.05 bits per heavy atom. The van der Waals surface area contributed by atoms with Crippen LogP contribution in [0.1, 0.15) is 21.6 Å². The number of nitrogens with one attached hydrogen (secondary N) is 2. The molecule has 3 heterocycles. The molecular weight excluding hydrogens is 525 g/mol. The van der Waals surface area contributed by atoms with Crippen LogP contribution in [0.5, 0.6) is 23.1 Å². The summed E-state index contributed by atoms with van der Waals surface area (Å²) in [4.78, 5) is 17.7. The molecule has 200 valence electrons. The molecule has 2 aromatic heterocycles. The van der Waals surface area contributed by atoms with Gasteiger partial charge in [0.15, 0.2) is 17.2 Å². The van der Waals surface area contributed by atoms with Crippen LogP contribution in [0.25, 0.3) is 11.3 Å². The lowest BCUT2D eigenvalue weighted by atomic mass is 10.0. The van der Waals surface area contributed by atoms with Gasteiger partial charge in [0.25, 0.3) is 11.8 Å². The summed E-state index contributed by atoms with van der Waals surface area (Å²) >= 11 is 0. The van der Waals surface area contributed by atoms with Crippen LogP contribution in [-0.4, -0.2) is 44.8 Å². The molecule has 39 heavy (non-hydrogen) atoms. The van der Waals surface area contributed by atoms with Crippen molar-refractivity contribution in [2.75, 3.05) is 24.8 Å². The molecule has 1 aliphatic heterocycles. The van der Waals surface area contributed by atoms with Crippen molar-refractivity contribution in [3.63, 3.8) is 0 Å². The van der Waals surface area contributed by atoms with Gasteiger partial charge in [-0.3, -0.25) is 4.79 Å². The molecule has 2 aromatic carbocycles. The van der Waals surface area contributed by atoms with E-state index in [4.69, 9.17) is 19.0 Å². The highest BCUT2D eigenvalue weighted by molar-refractivity contribution is 7.91. The van der Waals surface area contributed by atoms with E-state index in [0.717, 1.165) is 6.07 Å². The number of anilines is 1. The van der Waals surface area contributed by atoms with Crippen LogP contribution in [0.2, 0.25) is 0 Å². The number of amides is 1. The number of nitrogens with zero attached hydrogens (tertiary/aromatic N) is 3. The third-order valence-electron chi connectivity index (χ3n) is 5.98. The van der Waals surface area contributed by atoms with Crippen molar-refractivity contribution in [2.24, 2.45) is 0 Å². The SMILES string of the molecule is Cc1nc(F)ccc1Oc1nnc(-c2ccc3c(c2)OCCO3)c(C)c1C(=O)Nc1cccc([S@](C)(=N)=O)c1. The van der Waals surface area contributed by atoms with Gasteiger partial charge in [0.2, 0.25) is 5.95 Å². The van der Waals surface area contributed by atoms with Gasteiger partial charge in [0.1, 0.15) is 18.8 Å². The fraction of sp³-hybridized carbons (Fsp3) is 0.185. The largest absolute Gasteiger partial charge is 0.486 e. The molecule has 0 bridgehead atoms. The van der Waals surface area contributed by atoms with Gasteiger partial charge < -0.3 is 19.5 Å². The smallest absolute Gasteiger partial charge is 0.261 e. The number of carbonyl (C=O) groups excluding carboxylic acids is 1. The first-order chi connectivity index (χ1) is 18.6. The zero-order valence-corrected chi connectivity index (χ0v) is 22.1. The van der Waals surface area contributed by atoms with Gasteiger partial charge in [0, 0.05) is 22.4 Å². The molecule has 0 unspecified atom stereocenters. The van der Waals surface area contributed by atoms with E-state index in [0.29, 0.717) is 47.2 Å². The zero-order chi connectivity index (χ0) is 27.7. The molecular formula is C27H24FN5O5S. The summed E-state index contributed by atoms with van der Waals surface area (Å²) in [7, 11) is -3.00. The summed E-state index contributed by atoms with van der Waals surface area (Å²) in [6, 6.07) is 14.1. The number of ether oxygens (including phenoxy) is 3. The first kappa shape index (κ1) is 26.0. The lowest BCUT2D eigenvalue weighted by Gasteiger charge is -2.19. The first-order valence-corrected chi connectivity index (χ1v) is 13.8. The van der Waals surface area contributed by atoms with E-state index in [2.05, 4.69) is 20.5 Å². The van der Waals surface area contributed by atoms with Crippen LogP contribution in [0.3, 0.4) is 0 Å². The van der Waals surface area contributed by atoms with Crippen molar-refractivity contribution < 1.29 is 27.6 Å². The van der Waals surface area contributed by atoms with Gasteiger partial charge >= 0.3 is 0 Å². The first-order valence-electron chi connectivity index (χ1n) is 11.8. The van der Waals surface area contributed by atoms with Gasteiger partial charge in [0.05, 0.1) is 21.1 Å². The fourth-order valence-corrected chi connectivity index (χ4v) is 4.73. The second-order valence-corrected chi connectivity index (χ2v) is 11.0. The van der Waals surface area contributed by atoms with E-state index in [1.165, 1.54) is 18.4 Å². The number of aromatic nitrogens is 3. The topological polar surface area (TPSA) is 136 Å². The monoisotopic (exact) mass is 549 g/mol. The second kappa shape index (κ2) is 10.3. The van der Waals surface area contributed by atoms with Crippen molar-refractivity contribution >= 4 is 21.3 Å². The summed E-state index contributed by atoms with van der Waals surface area (Å²) < 4.78 is 50.9. The van der Waals surface area contributed by atoms with E-state index in [-0.39, 0.29) is 27.8 Å². The highest BCUT2D eigenvalue weighted by Gasteiger charge is 2.25. The van der Waals surface area contributed by atoms with Gasteiger partial charge in [-0.2, -0.15) is 4.39 Å². The maximum absolute atomic E-state index is 13.7. The molecule has 5 rings (SSSR count). The van der Waals surface area contributed by atoms with Crippen LogP contribution >= 0.6 is 0 Å². The van der Waals surface area contributed by atoms with Gasteiger partial charge in [-0.1, -0.05) is 6.07 Å². The molecule has 0 radical (unpaired) electrons. The summed E-state index contributed by atoms with van der Waals surface area (Å²) in [5.74, 6) is 0.000567. The molecule has 0 spiro atoms. The molecule has 1 atom stereocenters. The molecule has 10 nitrogen and oxygen atoms in total. The summed E-state index contributed by atoms with van der Waals surface area (Å²) in [6.07, 6.45) is 1.30. The number of aryl methyl sites for hydroxylation is 1. The number of fused-ring (bicyclic) bond motifs is 1. The van der Waals surface area contributed by atoms with E-state index in [1.54, 1.807) is 50.2 Å². The Hall–Kier alpha value is -4.58. The van der Waals surface area contributed by atoms with Crippen molar-refractivity contribution in [3.05, 3.63) is 77.4 Å². The predicted octanol–water partition coefficient (Wildman–Crippen LogP) is 5.15. The number of hydrogen-bond acceptors (Lipinski definition) is 9. The molecule has 12 heteroatoms. The number of pyridine rings is 1. The number of halogens is 1. The van der Waals surface area contributed by atoms with Crippen molar-refractivity contribution in [1.82, 2.24) is 15.2 Å². The summed E-state index contributed by atoms with van der Waals surface area (Å²) in [6.45, 7) is 4.13. The van der Waals surface area contributed by atoms with E-state index >= 15 is 0 Å². The molecule has 0 aliphatic carbocycles. The third kappa shape index (κ3) is 5.50. The minimum atomic E-state index is -3.00. The highest BCUT2D eigenvalue weighted by atomic mass is 32.2. The number of benzene rings is 2. The molecule has 1 aliphatic rings. The van der Waals surface area contributed by atoms with E-state index in [9.17, 15) is 13.4 Å². The van der Waals surface area contributed by atoms with Crippen LogP contribution in [-0.2, 0) is 9.73 Å². The van der Waals surface area contributed by atoms with Crippen LogP contribution < -0.4 is 19.5 Å². The average Bonchev–Trinajstić information content (AvgIpc) is 2.90. The molecule has 0 saturated carbocycles. The Morgan fingerprint density at radius 3 is 2.56 bits per heavy atom. The van der Waals surface area contributed by atoms with Gasteiger partial charge in [-0.25, -0.2) is 14.0 Å². The quantitative estimate of drug-likeness (QED) is 0.315. The second-order valence-electron chi connectivity index (χ2n) is 8.86.